The molecule has 0 heterocycles. The van der Waals surface area contributed by atoms with Crippen molar-refractivity contribution in [2.75, 3.05) is 18.4 Å². The Morgan fingerprint density at radius 2 is 2.00 bits per heavy atom. The van der Waals surface area contributed by atoms with Crippen molar-refractivity contribution >= 4 is 11.4 Å². The van der Waals surface area contributed by atoms with Crippen molar-refractivity contribution in [3.05, 3.63) is 33.9 Å². The molecule has 0 unspecified atom stereocenters. The molecule has 0 spiro atoms. The number of nitrogens with two attached hydrogens (primary N) is 1. The maximum atomic E-state index is 13.3. The van der Waals surface area contributed by atoms with Gasteiger partial charge in [-0.25, -0.2) is 17.6 Å². The maximum absolute atomic E-state index is 13.3. The van der Waals surface area contributed by atoms with E-state index in [9.17, 15) is 27.7 Å². The molecule has 5 nitrogen and oxygen atoms in total. The SMILES string of the molecule is NCC(F)(F)CNc1c([N+](=O)[O-])ccc(F)c1F. The summed E-state index contributed by atoms with van der Waals surface area (Å²) in [6, 6.07) is 1.22. The lowest BCUT2D eigenvalue weighted by Gasteiger charge is -2.15. The number of benzene rings is 1. The van der Waals surface area contributed by atoms with Gasteiger partial charge in [-0.05, 0) is 6.07 Å². The number of hydrogen-bond acceptors (Lipinski definition) is 4. The second kappa shape index (κ2) is 5.17. The van der Waals surface area contributed by atoms with Crippen LogP contribution in [-0.4, -0.2) is 23.9 Å². The molecule has 0 fully saturated rings. The first kappa shape index (κ1) is 14.2. The first-order valence-electron chi connectivity index (χ1n) is 4.72. The van der Waals surface area contributed by atoms with Crippen molar-refractivity contribution in [3.8, 4) is 0 Å². The molecule has 0 aliphatic rings. The Balaban J connectivity index is 3.06. The van der Waals surface area contributed by atoms with Crippen LogP contribution in [0.3, 0.4) is 0 Å². The van der Waals surface area contributed by atoms with Gasteiger partial charge in [0.2, 0.25) is 0 Å². The summed E-state index contributed by atoms with van der Waals surface area (Å²) in [5.41, 5.74) is 2.99. The van der Waals surface area contributed by atoms with Gasteiger partial charge in [0, 0.05) is 6.07 Å². The number of hydrogen-bond donors (Lipinski definition) is 2. The van der Waals surface area contributed by atoms with Gasteiger partial charge in [-0.1, -0.05) is 0 Å². The number of alkyl halides is 2. The first-order chi connectivity index (χ1) is 8.28. The molecule has 100 valence electrons. The Morgan fingerprint density at radius 1 is 1.39 bits per heavy atom. The van der Waals surface area contributed by atoms with Crippen LogP contribution in [0.1, 0.15) is 0 Å². The molecule has 0 bridgehead atoms. The first-order valence-corrected chi connectivity index (χ1v) is 4.72. The fourth-order valence-electron chi connectivity index (χ4n) is 1.15. The molecule has 18 heavy (non-hydrogen) atoms. The molecule has 9 heteroatoms. The molecule has 0 saturated carbocycles. The number of nitrogens with zero attached hydrogens (tertiary/aromatic N) is 1. The predicted octanol–water partition coefficient (Wildman–Crippen LogP) is 1.88. The van der Waals surface area contributed by atoms with Gasteiger partial charge in [0.05, 0.1) is 18.0 Å². The Labute approximate surface area is 98.7 Å². The molecule has 1 rings (SSSR count). The van der Waals surface area contributed by atoms with E-state index in [1.165, 1.54) is 0 Å². The van der Waals surface area contributed by atoms with E-state index in [-0.39, 0.29) is 0 Å². The summed E-state index contributed by atoms with van der Waals surface area (Å²) in [4.78, 5) is 9.54. The Kier molecular flexibility index (Phi) is 4.07. The third-order valence-corrected chi connectivity index (χ3v) is 2.09. The smallest absolute Gasteiger partial charge is 0.295 e. The summed E-state index contributed by atoms with van der Waals surface area (Å²) in [7, 11) is 0. The molecular weight excluding hydrogens is 258 g/mol. The highest BCUT2D eigenvalue weighted by Gasteiger charge is 2.29. The normalized spacial score (nSPS) is 11.4. The lowest BCUT2D eigenvalue weighted by Crippen LogP contribution is -2.35. The molecular formula is C9H9F4N3O2. The van der Waals surface area contributed by atoms with E-state index in [1.54, 1.807) is 0 Å². The third kappa shape index (κ3) is 3.06. The number of rotatable bonds is 5. The van der Waals surface area contributed by atoms with E-state index in [0.717, 1.165) is 0 Å². The summed E-state index contributed by atoms with van der Waals surface area (Å²) in [5.74, 6) is -6.34. The fraction of sp³-hybridized carbons (Fsp3) is 0.333. The van der Waals surface area contributed by atoms with Crippen LogP contribution in [0, 0.1) is 21.7 Å². The van der Waals surface area contributed by atoms with Crippen molar-refractivity contribution < 1.29 is 22.5 Å². The molecule has 1 aromatic rings. The zero-order valence-electron chi connectivity index (χ0n) is 8.92. The standard InChI is InChI=1S/C9H9F4N3O2/c10-5-1-2-6(16(17)18)8(7(5)11)15-4-9(12,13)3-14/h1-2,15H,3-4,14H2. The Bertz CT molecular complexity index is 467. The zero-order chi connectivity index (χ0) is 13.9. The minimum absolute atomic E-state index is 0.541. The largest absolute Gasteiger partial charge is 0.371 e. The second-order valence-electron chi connectivity index (χ2n) is 3.43. The van der Waals surface area contributed by atoms with Crippen molar-refractivity contribution in [1.82, 2.24) is 0 Å². The average Bonchev–Trinajstić information content (AvgIpc) is 2.30. The number of halogens is 4. The van der Waals surface area contributed by atoms with Crippen LogP contribution < -0.4 is 11.1 Å². The van der Waals surface area contributed by atoms with E-state index in [2.05, 4.69) is 0 Å². The maximum Gasteiger partial charge on any atom is 0.295 e. The van der Waals surface area contributed by atoms with Crippen LogP contribution in [0.15, 0.2) is 12.1 Å². The highest BCUT2D eigenvalue weighted by molar-refractivity contribution is 5.62. The zero-order valence-corrected chi connectivity index (χ0v) is 8.92. The van der Waals surface area contributed by atoms with Crippen LogP contribution in [0.5, 0.6) is 0 Å². The van der Waals surface area contributed by atoms with Gasteiger partial charge in [0.25, 0.3) is 11.6 Å². The lowest BCUT2D eigenvalue weighted by molar-refractivity contribution is -0.384. The second-order valence-corrected chi connectivity index (χ2v) is 3.43. The average molecular weight is 267 g/mol. The van der Waals surface area contributed by atoms with Gasteiger partial charge in [-0.2, -0.15) is 0 Å². The summed E-state index contributed by atoms with van der Waals surface area (Å²) in [6.07, 6.45) is 0. The molecule has 3 N–H and O–H groups in total. The quantitative estimate of drug-likeness (QED) is 0.485. The van der Waals surface area contributed by atoms with Crippen LogP contribution in [0.4, 0.5) is 28.9 Å². The molecule has 0 amide bonds. The molecule has 0 aromatic heterocycles. The molecule has 0 radical (unpaired) electrons. The minimum atomic E-state index is -3.38. The van der Waals surface area contributed by atoms with Gasteiger partial charge in [0.15, 0.2) is 17.3 Å². The predicted molar refractivity (Wildman–Crippen MR) is 55.5 cm³/mol. The van der Waals surface area contributed by atoms with Crippen LogP contribution >= 0.6 is 0 Å². The molecule has 0 aliphatic heterocycles. The van der Waals surface area contributed by atoms with Gasteiger partial charge in [0.1, 0.15) is 0 Å². The molecule has 0 atom stereocenters. The highest BCUT2D eigenvalue weighted by atomic mass is 19.3. The summed E-state index contributed by atoms with van der Waals surface area (Å²) >= 11 is 0. The van der Waals surface area contributed by atoms with Crippen molar-refractivity contribution in [2.24, 2.45) is 5.73 Å². The number of anilines is 1. The van der Waals surface area contributed by atoms with E-state index >= 15 is 0 Å². The molecule has 1 aromatic carbocycles. The van der Waals surface area contributed by atoms with Gasteiger partial charge >= 0.3 is 0 Å². The van der Waals surface area contributed by atoms with E-state index in [4.69, 9.17) is 5.73 Å². The number of nitro groups is 1. The van der Waals surface area contributed by atoms with Crippen molar-refractivity contribution in [3.63, 3.8) is 0 Å². The van der Waals surface area contributed by atoms with Crippen molar-refractivity contribution in [1.29, 1.82) is 0 Å². The number of nitro benzene ring substituents is 1. The lowest BCUT2D eigenvalue weighted by atomic mass is 10.2. The van der Waals surface area contributed by atoms with Gasteiger partial charge in [-0.15, -0.1) is 0 Å². The van der Waals surface area contributed by atoms with E-state index in [0.29, 0.717) is 12.1 Å². The monoisotopic (exact) mass is 267 g/mol. The Morgan fingerprint density at radius 3 is 2.50 bits per heavy atom. The van der Waals surface area contributed by atoms with Gasteiger partial charge in [-0.3, -0.25) is 10.1 Å². The van der Waals surface area contributed by atoms with E-state index in [1.807, 2.05) is 5.32 Å². The Hall–Kier alpha value is -1.90. The summed E-state index contributed by atoms with van der Waals surface area (Å²) < 4.78 is 51.8. The van der Waals surface area contributed by atoms with E-state index < -0.39 is 46.9 Å². The summed E-state index contributed by atoms with van der Waals surface area (Å²) in [6.45, 7) is -2.16. The molecule has 0 aliphatic carbocycles. The van der Waals surface area contributed by atoms with Crippen LogP contribution in [0.2, 0.25) is 0 Å². The van der Waals surface area contributed by atoms with Crippen LogP contribution in [-0.2, 0) is 0 Å². The highest BCUT2D eigenvalue weighted by Crippen LogP contribution is 2.29. The van der Waals surface area contributed by atoms with Gasteiger partial charge < -0.3 is 11.1 Å². The summed E-state index contributed by atoms with van der Waals surface area (Å²) in [5, 5.41) is 12.4. The number of nitrogens with one attached hydrogen (secondary N) is 1. The minimum Gasteiger partial charge on any atom is -0.371 e. The fourth-order valence-corrected chi connectivity index (χ4v) is 1.15. The molecule has 0 saturated heterocycles. The van der Waals surface area contributed by atoms with Crippen LogP contribution in [0.25, 0.3) is 0 Å². The third-order valence-electron chi connectivity index (χ3n) is 2.09. The topological polar surface area (TPSA) is 81.2 Å². The van der Waals surface area contributed by atoms with Crippen molar-refractivity contribution in [2.45, 2.75) is 5.92 Å².